The zero-order chi connectivity index (χ0) is 13.0. The van der Waals surface area contributed by atoms with Crippen LogP contribution in [0.3, 0.4) is 0 Å². The molecule has 1 fully saturated rings. The first-order valence-electron chi connectivity index (χ1n) is 6.84. The average molecular weight is 246 g/mol. The highest BCUT2D eigenvalue weighted by atomic mass is 16.2. The summed E-state index contributed by atoms with van der Waals surface area (Å²) in [4.78, 5) is 14.5. The maximum absolute atomic E-state index is 12.6. The molecule has 1 aliphatic carbocycles. The molecule has 0 aliphatic heterocycles. The lowest BCUT2D eigenvalue weighted by atomic mass is 9.94. The lowest BCUT2D eigenvalue weighted by Crippen LogP contribution is -2.39. The molecule has 3 heteroatoms. The first kappa shape index (κ1) is 13.1. The number of carbonyl (C=O) groups excluding carboxylic acids is 1. The van der Waals surface area contributed by atoms with Gasteiger partial charge in [-0.05, 0) is 44.4 Å². The molecule has 0 bridgehead atoms. The van der Waals surface area contributed by atoms with Gasteiger partial charge in [-0.15, -0.1) is 0 Å². The van der Waals surface area contributed by atoms with E-state index in [2.05, 4.69) is 0 Å². The van der Waals surface area contributed by atoms with Gasteiger partial charge in [-0.1, -0.05) is 24.6 Å². The van der Waals surface area contributed by atoms with Crippen molar-refractivity contribution in [2.24, 2.45) is 17.6 Å². The van der Waals surface area contributed by atoms with Crippen molar-refractivity contribution in [3.8, 4) is 0 Å². The number of nitrogens with two attached hydrogens (primary N) is 1. The number of amides is 1. The second-order valence-electron chi connectivity index (χ2n) is 4.95. The van der Waals surface area contributed by atoms with Gasteiger partial charge >= 0.3 is 0 Å². The largest absolute Gasteiger partial charge is 0.330 e. The number of nitrogens with zero attached hydrogens (tertiary/aromatic N) is 1. The van der Waals surface area contributed by atoms with E-state index < -0.39 is 0 Å². The van der Waals surface area contributed by atoms with E-state index in [0.29, 0.717) is 12.5 Å². The van der Waals surface area contributed by atoms with Crippen molar-refractivity contribution >= 4 is 11.6 Å². The van der Waals surface area contributed by atoms with Crippen molar-refractivity contribution < 1.29 is 4.79 Å². The van der Waals surface area contributed by atoms with E-state index in [1.807, 2.05) is 42.2 Å². The van der Waals surface area contributed by atoms with Crippen LogP contribution in [0.25, 0.3) is 0 Å². The Kier molecular flexibility index (Phi) is 4.37. The minimum absolute atomic E-state index is 0.121. The molecule has 3 nitrogen and oxygen atoms in total. The summed E-state index contributed by atoms with van der Waals surface area (Å²) in [5, 5.41) is 0. The van der Waals surface area contributed by atoms with E-state index in [1.54, 1.807) is 0 Å². The van der Waals surface area contributed by atoms with E-state index >= 15 is 0 Å². The summed E-state index contributed by atoms with van der Waals surface area (Å²) in [5.74, 6) is 0.738. The van der Waals surface area contributed by atoms with Crippen LogP contribution in [0.4, 0.5) is 5.69 Å². The second kappa shape index (κ2) is 6.01. The summed E-state index contributed by atoms with van der Waals surface area (Å²) in [6.45, 7) is 3.37. The molecule has 1 amide bonds. The summed E-state index contributed by atoms with van der Waals surface area (Å²) in [6, 6.07) is 9.91. The van der Waals surface area contributed by atoms with Crippen LogP contribution >= 0.6 is 0 Å². The van der Waals surface area contributed by atoms with Crippen molar-refractivity contribution in [3.05, 3.63) is 30.3 Å². The Morgan fingerprint density at radius 1 is 1.33 bits per heavy atom. The van der Waals surface area contributed by atoms with E-state index in [0.717, 1.165) is 31.5 Å². The van der Waals surface area contributed by atoms with Crippen LogP contribution in [0.1, 0.15) is 26.2 Å². The Morgan fingerprint density at radius 3 is 2.67 bits per heavy atom. The Hall–Kier alpha value is -1.35. The summed E-state index contributed by atoms with van der Waals surface area (Å²) in [5.41, 5.74) is 6.76. The van der Waals surface area contributed by atoms with Gasteiger partial charge in [0, 0.05) is 18.2 Å². The van der Waals surface area contributed by atoms with Crippen molar-refractivity contribution in [1.29, 1.82) is 0 Å². The summed E-state index contributed by atoms with van der Waals surface area (Å²) >= 11 is 0. The number of hydrogen-bond donors (Lipinski definition) is 1. The molecule has 1 aromatic rings. The van der Waals surface area contributed by atoms with Crippen molar-refractivity contribution in [3.63, 3.8) is 0 Å². The minimum atomic E-state index is 0.121. The summed E-state index contributed by atoms with van der Waals surface area (Å²) in [7, 11) is 0. The fourth-order valence-electron chi connectivity index (χ4n) is 2.92. The van der Waals surface area contributed by atoms with E-state index in [1.165, 1.54) is 0 Å². The molecule has 0 unspecified atom stereocenters. The van der Waals surface area contributed by atoms with Gasteiger partial charge in [0.25, 0.3) is 0 Å². The number of anilines is 1. The zero-order valence-electron chi connectivity index (χ0n) is 11.0. The normalized spacial score (nSPS) is 23.0. The highest BCUT2D eigenvalue weighted by Gasteiger charge is 2.34. The Labute approximate surface area is 109 Å². The first-order chi connectivity index (χ1) is 8.77. The highest BCUT2D eigenvalue weighted by Crippen LogP contribution is 2.33. The molecule has 98 valence electrons. The molecular formula is C15H22N2O. The van der Waals surface area contributed by atoms with Crippen LogP contribution in [-0.2, 0) is 4.79 Å². The summed E-state index contributed by atoms with van der Waals surface area (Å²) in [6.07, 6.45) is 3.22. The Morgan fingerprint density at radius 2 is 2.06 bits per heavy atom. The lowest BCUT2D eigenvalue weighted by molar-refractivity contribution is -0.123. The number of para-hydroxylation sites is 1. The molecule has 2 atom stereocenters. The number of rotatable bonds is 4. The smallest absolute Gasteiger partial charge is 0.230 e. The maximum atomic E-state index is 12.6. The highest BCUT2D eigenvalue weighted by molar-refractivity contribution is 5.95. The van der Waals surface area contributed by atoms with Crippen LogP contribution in [0, 0.1) is 11.8 Å². The van der Waals surface area contributed by atoms with Gasteiger partial charge in [0.2, 0.25) is 5.91 Å². The van der Waals surface area contributed by atoms with Gasteiger partial charge in [0.15, 0.2) is 0 Å². The Bertz CT molecular complexity index is 391. The molecule has 0 heterocycles. The minimum Gasteiger partial charge on any atom is -0.330 e. The van der Waals surface area contributed by atoms with Crippen LogP contribution in [0.2, 0.25) is 0 Å². The van der Waals surface area contributed by atoms with Gasteiger partial charge < -0.3 is 10.6 Å². The quantitative estimate of drug-likeness (QED) is 0.886. The number of hydrogen-bond acceptors (Lipinski definition) is 2. The van der Waals surface area contributed by atoms with E-state index in [4.69, 9.17) is 5.73 Å². The van der Waals surface area contributed by atoms with Gasteiger partial charge in [0.05, 0.1) is 0 Å². The molecule has 2 N–H and O–H groups in total. The predicted octanol–water partition coefficient (Wildman–Crippen LogP) is 2.41. The maximum Gasteiger partial charge on any atom is 0.230 e. The molecule has 1 aromatic carbocycles. The van der Waals surface area contributed by atoms with Crippen LogP contribution in [-0.4, -0.2) is 19.0 Å². The van der Waals surface area contributed by atoms with E-state index in [9.17, 15) is 4.79 Å². The molecule has 2 rings (SSSR count). The third-order valence-corrected chi connectivity index (χ3v) is 3.93. The van der Waals surface area contributed by atoms with Crippen molar-refractivity contribution in [2.75, 3.05) is 18.0 Å². The standard InChI is InChI=1S/C15H22N2O/c1-2-17(13-8-4-3-5-9-13)15(18)14-10-6-7-12(14)11-16/h3-5,8-9,12,14H,2,6-7,10-11,16H2,1H3/t12-,14-/m1/s1. The fraction of sp³-hybridized carbons (Fsp3) is 0.533. The Balaban J connectivity index is 2.15. The fourth-order valence-corrected chi connectivity index (χ4v) is 2.92. The topological polar surface area (TPSA) is 46.3 Å². The third-order valence-electron chi connectivity index (χ3n) is 3.93. The molecule has 0 saturated heterocycles. The SMILES string of the molecule is CCN(C(=O)[C@@H]1CCC[C@@H]1CN)c1ccccc1. The van der Waals surface area contributed by atoms with Gasteiger partial charge in [-0.3, -0.25) is 4.79 Å². The van der Waals surface area contributed by atoms with Gasteiger partial charge in [0.1, 0.15) is 0 Å². The van der Waals surface area contributed by atoms with E-state index in [-0.39, 0.29) is 11.8 Å². The second-order valence-corrected chi connectivity index (χ2v) is 4.95. The third kappa shape index (κ3) is 2.56. The summed E-state index contributed by atoms with van der Waals surface area (Å²) < 4.78 is 0. The molecular weight excluding hydrogens is 224 g/mol. The number of benzene rings is 1. The van der Waals surface area contributed by atoms with Crippen LogP contribution in [0.15, 0.2) is 30.3 Å². The molecule has 0 spiro atoms. The monoisotopic (exact) mass is 246 g/mol. The molecule has 0 aromatic heterocycles. The van der Waals surface area contributed by atoms with Crippen molar-refractivity contribution in [2.45, 2.75) is 26.2 Å². The average Bonchev–Trinajstić information content (AvgIpc) is 2.89. The number of carbonyl (C=O) groups is 1. The zero-order valence-corrected chi connectivity index (χ0v) is 11.0. The predicted molar refractivity (Wildman–Crippen MR) is 74.4 cm³/mol. The molecule has 1 aliphatic rings. The van der Waals surface area contributed by atoms with Gasteiger partial charge in [-0.25, -0.2) is 0 Å². The molecule has 18 heavy (non-hydrogen) atoms. The van der Waals surface area contributed by atoms with Crippen LogP contribution < -0.4 is 10.6 Å². The molecule has 1 saturated carbocycles. The lowest BCUT2D eigenvalue weighted by Gasteiger charge is -2.27. The molecule has 0 radical (unpaired) electrons. The van der Waals surface area contributed by atoms with Gasteiger partial charge in [-0.2, -0.15) is 0 Å². The first-order valence-corrected chi connectivity index (χ1v) is 6.84. The van der Waals surface area contributed by atoms with Crippen LogP contribution in [0.5, 0.6) is 0 Å². The van der Waals surface area contributed by atoms with Crippen molar-refractivity contribution in [1.82, 2.24) is 0 Å².